The van der Waals surface area contributed by atoms with E-state index in [-0.39, 0.29) is 23.6 Å². The number of aryl methyl sites for hydroxylation is 1. The molecule has 8 heteroatoms. The monoisotopic (exact) mass is 402 g/mol. The van der Waals surface area contributed by atoms with Crippen LogP contribution in [0.4, 0.5) is 14.5 Å². The lowest BCUT2D eigenvalue weighted by Crippen LogP contribution is -2.30. The fourth-order valence-corrected chi connectivity index (χ4v) is 3.57. The summed E-state index contributed by atoms with van der Waals surface area (Å²) in [5, 5.41) is 0.237. The topological polar surface area (TPSA) is 51.1 Å². The molecule has 0 aromatic heterocycles. The molecule has 0 radical (unpaired) electrons. The third-order valence-electron chi connectivity index (χ3n) is 4.16. The summed E-state index contributed by atoms with van der Waals surface area (Å²) >= 11 is 0.857. The highest BCUT2D eigenvalue weighted by atomic mass is 32.2. The zero-order chi connectivity index (χ0) is 19.7. The van der Waals surface area contributed by atoms with Crippen LogP contribution in [0.25, 0.3) is 6.08 Å². The van der Waals surface area contributed by atoms with Gasteiger partial charge in [0, 0.05) is 0 Å². The highest BCUT2D eigenvalue weighted by molar-refractivity contribution is 8.14. The van der Waals surface area contributed by atoms with Crippen LogP contribution in [0, 0.1) is 6.92 Å². The molecule has 2 aromatic rings. The van der Waals surface area contributed by atoms with E-state index in [1.807, 2.05) is 19.1 Å². The van der Waals surface area contributed by atoms with Gasteiger partial charge in [-0.05, 0) is 42.8 Å². The molecule has 144 valence electrons. The van der Waals surface area contributed by atoms with Crippen molar-refractivity contribution >= 4 is 34.6 Å². The minimum absolute atomic E-state index is 0.155. The molecule has 0 saturated heterocycles. The van der Waals surface area contributed by atoms with Gasteiger partial charge in [0.25, 0.3) is 5.91 Å². The summed E-state index contributed by atoms with van der Waals surface area (Å²) in [6.07, 6.45) is -0.883. The first kappa shape index (κ1) is 18.5. The Morgan fingerprint density at radius 2 is 1.93 bits per heavy atom. The molecule has 0 aliphatic carbocycles. The number of benzene rings is 2. The molecule has 0 unspecified atom stereocenters. The van der Waals surface area contributed by atoms with Gasteiger partial charge in [0.2, 0.25) is 13.2 Å². The lowest BCUT2D eigenvalue weighted by Gasteiger charge is -2.17. The fourth-order valence-electron chi connectivity index (χ4n) is 2.81. The molecule has 5 nitrogen and oxygen atoms in total. The second kappa shape index (κ2) is 7.63. The van der Waals surface area contributed by atoms with Crippen LogP contribution in [0.15, 0.2) is 53.2 Å². The number of rotatable bonds is 4. The summed E-state index contributed by atoms with van der Waals surface area (Å²) in [5.41, 5.74) is 2.51. The number of ether oxygens (including phenoxy) is 2. The number of hydrogen-bond donors (Lipinski definition) is 0. The van der Waals surface area contributed by atoms with E-state index >= 15 is 0 Å². The number of hydrogen-bond acceptors (Lipinski definition) is 5. The highest BCUT2D eigenvalue weighted by Crippen LogP contribution is 2.34. The van der Waals surface area contributed by atoms with Crippen LogP contribution in [0.3, 0.4) is 0 Å². The number of halogens is 2. The molecule has 0 saturated carbocycles. The maximum atomic E-state index is 13.0. The molecular weight excluding hydrogens is 386 g/mol. The van der Waals surface area contributed by atoms with Crippen molar-refractivity contribution in [3.05, 3.63) is 59.3 Å². The summed E-state index contributed by atoms with van der Waals surface area (Å²) in [6, 6.07) is 12.5. The van der Waals surface area contributed by atoms with Crippen LogP contribution in [0.2, 0.25) is 0 Å². The highest BCUT2D eigenvalue weighted by Gasteiger charge is 2.32. The summed E-state index contributed by atoms with van der Waals surface area (Å²) < 4.78 is 36.1. The Balaban J connectivity index is 1.67. The van der Waals surface area contributed by atoms with Crippen molar-refractivity contribution in [2.24, 2.45) is 4.99 Å². The quantitative estimate of drug-likeness (QED) is 0.709. The molecule has 0 N–H and O–H groups in total. The maximum absolute atomic E-state index is 13.0. The van der Waals surface area contributed by atoms with Gasteiger partial charge in [0.15, 0.2) is 16.7 Å². The van der Waals surface area contributed by atoms with E-state index < -0.39 is 12.2 Å². The lowest BCUT2D eigenvalue weighted by atomic mass is 10.1. The second-order valence-corrected chi connectivity index (χ2v) is 7.20. The number of fused-ring (bicyclic) bond motifs is 1. The Morgan fingerprint density at radius 3 is 2.68 bits per heavy atom. The number of aliphatic imine (C=N–C) groups is 1. The molecule has 2 aromatic carbocycles. The third kappa shape index (κ3) is 3.73. The molecule has 2 aliphatic heterocycles. The van der Waals surface area contributed by atoms with E-state index in [0.717, 1.165) is 17.3 Å². The largest absolute Gasteiger partial charge is 0.454 e. The van der Waals surface area contributed by atoms with Gasteiger partial charge in [-0.3, -0.25) is 9.69 Å². The first-order chi connectivity index (χ1) is 13.5. The number of nitrogens with zero attached hydrogens (tertiary/aromatic N) is 2. The zero-order valence-electron chi connectivity index (χ0n) is 14.9. The number of thioether (sulfide) groups is 1. The van der Waals surface area contributed by atoms with Gasteiger partial charge >= 0.3 is 0 Å². The van der Waals surface area contributed by atoms with Crippen molar-refractivity contribution < 1.29 is 23.0 Å². The van der Waals surface area contributed by atoms with Gasteiger partial charge in [-0.25, -0.2) is 13.8 Å². The van der Waals surface area contributed by atoms with Crippen molar-refractivity contribution in [1.82, 2.24) is 0 Å². The Kier molecular flexibility index (Phi) is 5.04. The normalized spacial score (nSPS) is 17.0. The van der Waals surface area contributed by atoms with E-state index in [0.29, 0.717) is 22.7 Å². The van der Waals surface area contributed by atoms with Crippen molar-refractivity contribution in [3.63, 3.8) is 0 Å². The van der Waals surface area contributed by atoms with Crippen LogP contribution >= 0.6 is 11.8 Å². The summed E-state index contributed by atoms with van der Waals surface area (Å²) in [7, 11) is 0. The summed E-state index contributed by atoms with van der Waals surface area (Å²) in [4.78, 5) is 18.7. The predicted molar refractivity (Wildman–Crippen MR) is 105 cm³/mol. The van der Waals surface area contributed by atoms with Crippen LogP contribution < -0.4 is 14.4 Å². The van der Waals surface area contributed by atoms with E-state index in [1.165, 1.54) is 4.90 Å². The molecule has 4 rings (SSSR count). The molecule has 2 heterocycles. The Hall–Kier alpha value is -2.87. The Labute approximate surface area is 164 Å². The fraction of sp³-hybridized carbons (Fsp3) is 0.200. The Morgan fingerprint density at radius 1 is 1.18 bits per heavy atom. The Bertz CT molecular complexity index is 974. The van der Waals surface area contributed by atoms with Crippen LogP contribution in [-0.2, 0) is 4.79 Å². The number of amides is 1. The van der Waals surface area contributed by atoms with Gasteiger partial charge in [-0.1, -0.05) is 35.5 Å². The molecule has 0 fully saturated rings. The predicted octanol–water partition coefficient (Wildman–Crippen LogP) is 4.47. The smallest absolute Gasteiger partial charge is 0.283 e. The summed E-state index contributed by atoms with van der Waals surface area (Å²) in [5.74, 6) is 0.425. The molecule has 0 spiro atoms. The average molecular weight is 402 g/mol. The lowest BCUT2D eigenvalue weighted by molar-refractivity contribution is -0.113. The van der Waals surface area contributed by atoms with E-state index in [4.69, 9.17) is 9.47 Å². The van der Waals surface area contributed by atoms with E-state index in [9.17, 15) is 13.6 Å². The second-order valence-electron chi connectivity index (χ2n) is 6.21. The molecular formula is C20H16F2N2O3S. The van der Waals surface area contributed by atoms with E-state index in [2.05, 4.69) is 4.99 Å². The first-order valence-corrected chi connectivity index (χ1v) is 9.52. The number of carbonyl (C=O) groups excluding carboxylic acids is 1. The molecule has 28 heavy (non-hydrogen) atoms. The van der Waals surface area contributed by atoms with Crippen LogP contribution in [-0.4, -0.2) is 30.0 Å². The minimum Gasteiger partial charge on any atom is -0.454 e. The number of amidine groups is 1. The molecule has 2 aliphatic rings. The minimum atomic E-state index is -2.50. The third-order valence-corrected chi connectivity index (χ3v) is 5.11. The van der Waals surface area contributed by atoms with Gasteiger partial charge in [0.05, 0.1) is 11.4 Å². The van der Waals surface area contributed by atoms with Crippen molar-refractivity contribution in [2.75, 3.05) is 17.4 Å². The zero-order valence-corrected chi connectivity index (χ0v) is 15.7. The van der Waals surface area contributed by atoms with Crippen LogP contribution in [0.5, 0.6) is 11.5 Å². The maximum Gasteiger partial charge on any atom is 0.283 e. The molecule has 0 bridgehead atoms. The number of anilines is 1. The number of carbonyl (C=O) groups is 1. The van der Waals surface area contributed by atoms with Crippen LogP contribution in [0.1, 0.15) is 11.1 Å². The van der Waals surface area contributed by atoms with Gasteiger partial charge in [0.1, 0.15) is 5.70 Å². The molecule has 1 amide bonds. The van der Waals surface area contributed by atoms with Gasteiger partial charge < -0.3 is 9.47 Å². The van der Waals surface area contributed by atoms with Crippen molar-refractivity contribution in [1.29, 1.82) is 0 Å². The van der Waals surface area contributed by atoms with Gasteiger partial charge in [-0.15, -0.1) is 0 Å². The van der Waals surface area contributed by atoms with E-state index in [1.54, 1.807) is 36.4 Å². The standard InChI is InChI=1S/C20H16F2N2O3S/c1-12-2-5-14(6-3-12)24-19(25)15(23-20(24)28-10-18(21)22)8-13-4-7-16-17(9-13)27-11-26-16/h2-9,18H,10-11H2,1H3/b15-8-. The SMILES string of the molecule is Cc1ccc(N2C(=O)/C(=C/c3ccc4c(c3)OCO4)N=C2SCC(F)F)cc1. The van der Waals surface area contributed by atoms with Crippen molar-refractivity contribution in [3.8, 4) is 11.5 Å². The first-order valence-electron chi connectivity index (χ1n) is 8.53. The molecule has 0 atom stereocenters. The van der Waals surface area contributed by atoms with Gasteiger partial charge in [-0.2, -0.15) is 0 Å². The number of alkyl halides is 2. The average Bonchev–Trinajstić information content (AvgIpc) is 3.25. The van der Waals surface area contributed by atoms with Crippen molar-refractivity contribution in [2.45, 2.75) is 13.3 Å². The summed E-state index contributed by atoms with van der Waals surface area (Å²) in [6.45, 7) is 2.09.